The summed E-state index contributed by atoms with van der Waals surface area (Å²) in [6.45, 7) is 0. The SMILES string of the molecule is c1nnco1.c1nnco1. The van der Waals surface area contributed by atoms with Crippen LogP contribution in [0.2, 0.25) is 0 Å². The van der Waals surface area contributed by atoms with Crippen molar-refractivity contribution in [2.24, 2.45) is 0 Å². The number of nitrogens with zero attached hydrogens (tertiary/aromatic N) is 4. The highest BCUT2D eigenvalue weighted by atomic mass is 16.3. The van der Waals surface area contributed by atoms with E-state index in [0.29, 0.717) is 0 Å². The lowest BCUT2D eigenvalue weighted by Gasteiger charge is -1.44. The molecule has 0 saturated carbocycles. The van der Waals surface area contributed by atoms with Crippen molar-refractivity contribution in [2.45, 2.75) is 0 Å². The maximum absolute atomic E-state index is 4.36. The molecule has 0 unspecified atom stereocenters. The summed E-state index contributed by atoms with van der Waals surface area (Å²) in [4.78, 5) is 0. The summed E-state index contributed by atoms with van der Waals surface area (Å²) in [6, 6.07) is 0. The van der Waals surface area contributed by atoms with Gasteiger partial charge in [-0.3, -0.25) is 0 Å². The lowest BCUT2D eigenvalue weighted by molar-refractivity contribution is 0.553. The van der Waals surface area contributed by atoms with Crippen molar-refractivity contribution in [1.82, 2.24) is 20.4 Å². The number of rotatable bonds is 0. The Kier molecular flexibility index (Phi) is 2.68. The Bertz CT molecular complexity index is 154. The Morgan fingerprint density at radius 2 is 0.900 bits per heavy atom. The predicted molar refractivity (Wildman–Crippen MR) is 28.6 cm³/mol. The number of aromatic nitrogens is 4. The zero-order valence-corrected chi connectivity index (χ0v) is 4.91. The highest BCUT2D eigenvalue weighted by Crippen LogP contribution is 1.65. The van der Waals surface area contributed by atoms with Crippen LogP contribution in [0.5, 0.6) is 0 Å². The minimum Gasteiger partial charge on any atom is -0.431 e. The van der Waals surface area contributed by atoms with E-state index in [0.717, 1.165) is 0 Å². The van der Waals surface area contributed by atoms with Crippen molar-refractivity contribution in [2.75, 3.05) is 0 Å². The van der Waals surface area contributed by atoms with E-state index in [-0.39, 0.29) is 0 Å². The van der Waals surface area contributed by atoms with Crippen LogP contribution >= 0.6 is 0 Å². The van der Waals surface area contributed by atoms with Crippen LogP contribution in [0, 0.1) is 0 Å². The molecule has 2 aromatic rings. The highest BCUT2D eigenvalue weighted by Gasteiger charge is 1.61. The zero-order valence-electron chi connectivity index (χ0n) is 4.91. The second kappa shape index (κ2) is 4.19. The van der Waals surface area contributed by atoms with Gasteiger partial charge in [0.2, 0.25) is 25.6 Å². The van der Waals surface area contributed by atoms with E-state index in [9.17, 15) is 0 Å². The standard InChI is InChI=1S/2C2H2N2O/c2*1-3-4-2-5-1/h2*1-2H. The molecule has 0 saturated heterocycles. The molecule has 2 rings (SSSR count). The summed E-state index contributed by atoms with van der Waals surface area (Å²) in [6.07, 6.45) is 5.06. The second-order valence-electron chi connectivity index (χ2n) is 1.16. The molecule has 2 aromatic heterocycles. The molecule has 0 aliphatic carbocycles. The molecule has 2 heterocycles. The Labute approximate surface area is 55.9 Å². The van der Waals surface area contributed by atoms with Gasteiger partial charge in [-0.15, -0.1) is 20.4 Å². The van der Waals surface area contributed by atoms with E-state index in [1.165, 1.54) is 25.6 Å². The maximum atomic E-state index is 4.36. The first-order valence-electron chi connectivity index (χ1n) is 2.38. The van der Waals surface area contributed by atoms with Crippen molar-refractivity contribution >= 4 is 0 Å². The molecule has 0 spiro atoms. The van der Waals surface area contributed by atoms with Crippen molar-refractivity contribution in [1.29, 1.82) is 0 Å². The molecule has 0 atom stereocenters. The Hall–Kier alpha value is -1.72. The van der Waals surface area contributed by atoms with Crippen LogP contribution in [0.15, 0.2) is 34.4 Å². The maximum Gasteiger partial charge on any atom is 0.203 e. The van der Waals surface area contributed by atoms with Crippen molar-refractivity contribution in [3.63, 3.8) is 0 Å². The van der Waals surface area contributed by atoms with Crippen LogP contribution in [0.1, 0.15) is 0 Å². The first kappa shape index (κ1) is 6.40. The summed E-state index contributed by atoms with van der Waals surface area (Å²) in [7, 11) is 0. The van der Waals surface area contributed by atoms with Gasteiger partial charge in [-0.2, -0.15) is 0 Å². The summed E-state index contributed by atoms with van der Waals surface area (Å²) in [5, 5.41) is 13.2. The van der Waals surface area contributed by atoms with Gasteiger partial charge in [0.1, 0.15) is 0 Å². The van der Waals surface area contributed by atoms with Gasteiger partial charge >= 0.3 is 0 Å². The molecule has 0 aliphatic rings. The molecular formula is C4H4N4O2. The topological polar surface area (TPSA) is 77.8 Å². The molecule has 0 bridgehead atoms. The molecule has 0 N–H and O–H groups in total. The van der Waals surface area contributed by atoms with Gasteiger partial charge in [0.15, 0.2) is 0 Å². The fourth-order valence-corrected chi connectivity index (χ4v) is 0.272. The van der Waals surface area contributed by atoms with Gasteiger partial charge in [0.05, 0.1) is 0 Å². The lowest BCUT2D eigenvalue weighted by Crippen LogP contribution is -1.53. The third-order valence-corrected chi connectivity index (χ3v) is 0.565. The fraction of sp³-hybridized carbons (Fsp3) is 0. The molecule has 52 valence electrons. The van der Waals surface area contributed by atoms with E-state index in [2.05, 4.69) is 29.2 Å². The van der Waals surface area contributed by atoms with Gasteiger partial charge in [-0.05, 0) is 0 Å². The minimum atomic E-state index is 1.26. The number of hydrogen-bond acceptors (Lipinski definition) is 6. The average molecular weight is 140 g/mol. The van der Waals surface area contributed by atoms with Crippen LogP contribution in [0.25, 0.3) is 0 Å². The smallest absolute Gasteiger partial charge is 0.203 e. The van der Waals surface area contributed by atoms with Crippen molar-refractivity contribution in [3.8, 4) is 0 Å². The monoisotopic (exact) mass is 140 g/mol. The van der Waals surface area contributed by atoms with Gasteiger partial charge < -0.3 is 8.83 Å². The van der Waals surface area contributed by atoms with Gasteiger partial charge in [0.25, 0.3) is 0 Å². The van der Waals surface area contributed by atoms with Gasteiger partial charge in [-0.25, -0.2) is 0 Å². The van der Waals surface area contributed by atoms with E-state index in [4.69, 9.17) is 0 Å². The molecule has 6 nitrogen and oxygen atoms in total. The first-order valence-corrected chi connectivity index (χ1v) is 2.38. The molecule has 0 aliphatic heterocycles. The molecule has 6 heteroatoms. The largest absolute Gasteiger partial charge is 0.431 e. The first-order chi connectivity index (χ1) is 5.00. The van der Waals surface area contributed by atoms with E-state index in [1.54, 1.807) is 0 Å². The molecule has 0 radical (unpaired) electrons. The Balaban J connectivity index is 0.0000001000. The van der Waals surface area contributed by atoms with E-state index in [1.807, 2.05) is 0 Å². The van der Waals surface area contributed by atoms with Crippen LogP contribution < -0.4 is 0 Å². The van der Waals surface area contributed by atoms with Gasteiger partial charge in [0, 0.05) is 0 Å². The molecule has 0 aromatic carbocycles. The molecule has 10 heavy (non-hydrogen) atoms. The zero-order chi connectivity index (χ0) is 7.07. The quantitative estimate of drug-likeness (QED) is 0.517. The third-order valence-electron chi connectivity index (χ3n) is 0.565. The molecule has 0 amide bonds. The summed E-state index contributed by atoms with van der Waals surface area (Å²) < 4.78 is 8.72. The van der Waals surface area contributed by atoms with E-state index >= 15 is 0 Å². The highest BCUT2D eigenvalue weighted by molar-refractivity contribution is 4.30. The van der Waals surface area contributed by atoms with E-state index < -0.39 is 0 Å². The average Bonchev–Trinajstić information content (AvgIpc) is 2.67. The Morgan fingerprint density at radius 3 is 1.00 bits per heavy atom. The Morgan fingerprint density at radius 1 is 0.600 bits per heavy atom. The molecular weight excluding hydrogens is 136 g/mol. The third kappa shape index (κ3) is 2.55. The summed E-state index contributed by atoms with van der Waals surface area (Å²) in [5.74, 6) is 0. The van der Waals surface area contributed by atoms with Crippen molar-refractivity contribution in [3.05, 3.63) is 25.6 Å². The predicted octanol–water partition coefficient (Wildman–Crippen LogP) is 0.139. The number of hydrogen-bond donors (Lipinski definition) is 0. The van der Waals surface area contributed by atoms with Gasteiger partial charge in [-0.1, -0.05) is 0 Å². The normalized spacial score (nSPS) is 8.00. The van der Waals surface area contributed by atoms with Crippen LogP contribution in [0.3, 0.4) is 0 Å². The summed E-state index contributed by atoms with van der Waals surface area (Å²) >= 11 is 0. The van der Waals surface area contributed by atoms with Crippen LogP contribution in [-0.4, -0.2) is 20.4 Å². The van der Waals surface area contributed by atoms with Crippen molar-refractivity contribution < 1.29 is 8.83 Å². The summed E-state index contributed by atoms with van der Waals surface area (Å²) in [5.41, 5.74) is 0. The second-order valence-corrected chi connectivity index (χ2v) is 1.16. The fourth-order valence-electron chi connectivity index (χ4n) is 0.272. The lowest BCUT2D eigenvalue weighted by atomic mass is 11.5. The molecule has 0 fully saturated rings. The van der Waals surface area contributed by atoms with Crippen LogP contribution in [-0.2, 0) is 0 Å². The minimum absolute atomic E-state index is 1.26. The van der Waals surface area contributed by atoms with Crippen LogP contribution in [0.4, 0.5) is 0 Å².